The van der Waals surface area contributed by atoms with Crippen LogP contribution in [-0.4, -0.2) is 11.7 Å². The summed E-state index contributed by atoms with van der Waals surface area (Å²) in [4.78, 5) is 0. The molecule has 1 saturated heterocycles. The molecule has 0 aromatic rings. The minimum atomic E-state index is 0.119. The van der Waals surface area contributed by atoms with Crippen LogP contribution in [0.3, 0.4) is 0 Å². The Morgan fingerprint density at radius 2 is 0.951 bits per heavy atom. The molecule has 0 N–H and O–H groups in total. The van der Waals surface area contributed by atoms with Gasteiger partial charge < -0.3 is 4.74 Å². The summed E-state index contributed by atoms with van der Waals surface area (Å²) in [6.45, 7) is 22.1. The van der Waals surface area contributed by atoms with E-state index in [0.717, 1.165) is 57.8 Å². The zero-order chi connectivity index (χ0) is 30.7. The standard InChI is InChI=1S/C40H62O/c1-32(2)18-13-21-35(5)24-16-27-36(6)25-14-22-33(3)19-11-12-20-34(4)23-15-26-37(7)28-17-29-38(8)30-31-39-40(9,10)41-39/h11-12,14,18-20,22,24-26,29,39H,13,15-17,21,23,27-28,30-31H2,1-10H3/b12-11+,22-14+,33-19+,34-20+,35-24+,36-25+,37-26+,38-29+. The number of ether oxygens (including phenoxy) is 1. The summed E-state index contributed by atoms with van der Waals surface area (Å²) in [6, 6.07) is 0. The lowest BCUT2D eigenvalue weighted by molar-refractivity contribution is 0.320. The first-order valence-electron chi connectivity index (χ1n) is 16.0. The molecule has 0 radical (unpaired) electrons. The second-order valence-electron chi connectivity index (χ2n) is 13.0. The fourth-order valence-corrected chi connectivity index (χ4v) is 4.64. The lowest BCUT2D eigenvalue weighted by Crippen LogP contribution is -2.02. The van der Waals surface area contributed by atoms with Crippen LogP contribution in [0.15, 0.2) is 106 Å². The summed E-state index contributed by atoms with van der Waals surface area (Å²) in [6.07, 6.45) is 36.8. The highest BCUT2D eigenvalue weighted by molar-refractivity contribution is 5.27. The summed E-state index contributed by atoms with van der Waals surface area (Å²) >= 11 is 0. The first-order valence-corrected chi connectivity index (χ1v) is 16.0. The Morgan fingerprint density at radius 3 is 1.44 bits per heavy atom. The molecule has 1 aliphatic heterocycles. The monoisotopic (exact) mass is 558 g/mol. The van der Waals surface area contributed by atoms with Gasteiger partial charge in [-0.15, -0.1) is 0 Å². The van der Waals surface area contributed by atoms with Crippen molar-refractivity contribution in [1.29, 1.82) is 0 Å². The lowest BCUT2D eigenvalue weighted by Gasteiger charge is -2.03. The maximum atomic E-state index is 5.69. The minimum Gasteiger partial charge on any atom is -0.367 e. The summed E-state index contributed by atoms with van der Waals surface area (Å²) in [5.74, 6) is 0. The highest BCUT2D eigenvalue weighted by Gasteiger charge is 2.46. The molecule has 1 nitrogen and oxygen atoms in total. The second-order valence-corrected chi connectivity index (χ2v) is 13.0. The zero-order valence-electron chi connectivity index (χ0n) is 28.4. The number of hydrogen-bond acceptors (Lipinski definition) is 1. The van der Waals surface area contributed by atoms with Gasteiger partial charge in [0.15, 0.2) is 0 Å². The number of allylic oxidation sites excluding steroid dienone is 18. The normalized spacial score (nSPS) is 19.0. The Bertz CT molecular complexity index is 1050. The molecule has 1 unspecified atom stereocenters. The quantitative estimate of drug-likeness (QED) is 0.0872. The first kappa shape index (κ1) is 36.6. The van der Waals surface area contributed by atoms with Crippen LogP contribution in [0.1, 0.15) is 133 Å². The Kier molecular flexibility index (Phi) is 18.3. The predicted octanol–water partition coefficient (Wildman–Crippen LogP) is 12.8. The van der Waals surface area contributed by atoms with Gasteiger partial charge in [0, 0.05) is 0 Å². The van der Waals surface area contributed by atoms with Crippen LogP contribution >= 0.6 is 0 Å². The smallest absolute Gasteiger partial charge is 0.0892 e. The van der Waals surface area contributed by atoms with E-state index < -0.39 is 0 Å². The van der Waals surface area contributed by atoms with Gasteiger partial charge in [0.2, 0.25) is 0 Å². The molecule has 41 heavy (non-hydrogen) atoms. The van der Waals surface area contributed by atoms with Gasteiger partial charge in [-0.2, -0.15) is 0 Å². The molecule has 0 aromatic carbocycles. The summed E-state index contributed by atoms with van der Waals surface area (Å²) in [5.41, 5.74) is 10.1. The maximum absolute atomic E-state index is 5.69. The van der Waals surface area contributed by atoms with Crippen LogP contribution in [-0.2, 0) is 4.74 Å². The molecule has 0 spiro atoms. The highest BCUT2D eigenvalue weighted by Crippen LogP contribution is 2.39. The van der Waals surface area contributed by atoms with Crippen molar-refractivity contribution in [2.75, 3.05) is 0 Å². The third kappa shape index (κ3) is 20.2. The van der Waals surface area contributed by atoms with Gasteiger partial charge in [0.25, 0.3) is 0 Å². The van der Waals surface area contributed by atoms with Crippen molar-refractivity contribution >= 4 is 0 Å². The first-order chi connectivity index (χ1) is 19.4. The van der Waals surface area contributed by atoms with Gasteiger partial charge in [-0.1, -0.05) is 106 Å². The van der Waals surface area contributed by atoms with Crippen LogP contribution in [0.5, 0.6) is 0 Å². The van der Waals surface area contributed by atoms with Crippen molar-refractivity contribution in [2.24, 2.45) is 0 Å². The van der Waals surface area contributed by atoms with Crippen LogP contribution in [0.2, 0.25) is 0 Å². The molecule has 1 heterocycles. The number of rotatable bonds is 19. The van der Waals surface area contributed by atoms with E-state index in [1.54, 1.807) is 0 Å². The molecule has 228 valence electrons. The van der Waals surface area contributed by atoms with E-state index in [1.807, 2.05) is 0 Å². The molecule has 1 rings (SSSR count). The van der Waals surface area contributed by atoms with E-state index >= 15 is 0 Å². The van der Waals surface area contributed by atoms with Crippen LogP contribution in [0, 0.1) is 0 Å². The zero-order valence-corrected chi connectivity index (χ0v) is 28.4. The van der Waals surface area contributed by atoms with E-state index in [9.17, 15) is 0 Å². The van der Waals surface area contributed by atoms with Crippen molar-refractivity contribution < 1.29 is 4.74 Å². The fourth-order valence-electron chi connectivity index (χ4n) is 4.64. The van der Waals surface area contributed by atoms with Crippen LogP contribution < -0.4 is 0 Å². The molecule has 0 aromatic heterocycles. The minimum absolute atomic E-state index is 0.119. The second kappa shape index (κ2) is 20.5. The Labute approximate surface area is 255 Å². The summed E-state index contributed by atoms with van der Waals surface area (Å²) in [7, 11) is 0. The molecule has 1 heteroatoms. The van der Waals surface area contributed by atoms with Crippen LogP contribution in [0.4, 0.5) is 0 Å². The third-order valence-electron chi connectivity index (χ3n) is 7.74. The van der Waals surface area contributed by atoms with Crippen LogP contribution in [0.25, 0.3) is 0 Å². The molecular weight excluding hydrogens is 496 g/mol. The summed E-state index contributed by atoms with van der Waals surface area (Å²) < 4.78 is 5.69. The van der Waals surface area contributed by atoms with Gasteiger partial charge in [-0.3, -0.25) is 0 Å². The molecule has 0 saturated carbocycles. The fraction of sp³-hybridized carbons (Fsp3) is 0.550. The topological polar surface area (TPSA) is 12.5 Å². The van der Waals surface area contributed by atoms with Crippen molar-refractivity contribution in [2.45, 2.75) is 145 Å². The molecular formula is C40H62O. The van der Waals surface area contributed by atoms with E-state index in [-0.39, 0.29) is 5.60 Å². The van der Waals surface area contributed by atoms with E-state index in [0.29, 0.717) is 6.10 Å². The molecule has 1 atom stereocenters. The maximum Gasteiger partial charge on any atom is 0.0892 e. The average Bonchev–Trinajstić information content (AvgIpc) is 3.51. The Hall–Kier alpha value is -2.38. The molecule has 0 amide bonds. The molecule has 0 aliphatic carbocycles. The van der Waals surface area contributed by atoms with Gasteiger partial charge >= 0.3 is 0 Å². The lowest BCUT2D eigenvalue weighted by atomic mass is 10.0. The number of epoxide rings is 1. The molecule has 1 fully saturated rings. The van der Waals surface area contributed by atoms with Gasteiger partial charge in [-0.25, -0.2) is 0 Å². The van der Waals surface area contributed by atoms with Crippen molar-refractivity contribution in [3.63, 3.8) is 0 Å². The largest absolute Gasteiger partial charge is 0.367 e. The van der Waals surface area contributed by atoms with E-state index in [2.05, 4.69) is 136 Å². The Morgan fingerprint density at radius 1 is 0.537 bits per heavy atom. The van der Waals surface area contributed by atoms with Crippen molar-refractivity contribution in [1.82, 2.24) is 0 Å². The molecule has 1 aliphatic rings. The van der Waals surface area contributed by atoms with Crippen molar-refractivity contribution in [3.8, 4) is 0 Å². The summed E-state index contributed by atoms with van der Waals surface area (Å²) in [5, 5.41) is 0. The SMILES string of the molecule is CC(C)=CCC/C(C)=C/CC/C(C)=C/C=C/C(C)=C/C=C/C=C(\C)CC/C=C(\C)CC/C=C(\C)CCC1OC1(C)C. The molecule has 0 bridgehead atoms. The van der Waals surface area contributed by atoms with Gasteiger partial charge in [-0.05, 0) is 133 Å². The van der Waals surface area contributed by atoms with E-state index in [1.165, 1.54) is 45.4 Å². The number of hydrogen-bond donors (Lipinski definition) is 0. The average molecular weight is 559 g/mol. The Balaban J connectivity index is 2.29. The predicted molar refractivity (Wildman–Crippen MR) is 185 cm³/mol. The highest BCUT2D eigenvalue weighted by atomic mass is 16.6. The van der Waals surface area contributed by atoms with Gasteiger partial charge in [0.1, 0.15) is 0 Å². The van der Waals surface area contributed by atoms with E-state index in [4.69, 9.17) is 4.74 Å². The van der Waals surface area contributed by atoms with Gasteiger partial charge in [0.05, 0.1) is 11.7 Å². The third-order valence-corrected chi connectivity index (χ3v) is 7.74. The van der Waals surface area contributed by atoms with Crippen molar-refractivity contribution in [3.05, 3.63) is 106 Å².